The molecule has 0 bridgehead atoms. The molecule has 36 heavy (non-hydrogen) atoms. The number of nitrogens with two attached hydrogens (primary N) is 1. The van der Waals surface area contributed by atoms with Crippen molar-refractivity contribution in [3.8, 4) is 11.3 Å². The van der Waals surface area contributed by atoms with Gasteiger partial charge in [-0.1, -0.05) is 23.7 Å². The predicted octanol–water partition coefficient (Wildman–Crippen LogP) is 2.42. The zero-order chi connectivity index (χ0) is 26.1. The summed E-state index contributed by atoms with van der Waals surface area (Å²) >= 11 is 6.30. The van der Waals surface area contributed by atoms with E-state index in [1.807, 2.05) is 0 Å². The van der Waals surface area contributed by atoms with Gasteiger partial charge in [-0.3, -0.25) is 14.6 Å². The summed E-state index contributed by atoms with van der Waals surface area (Å²) in [4.78, 5) is 49.5. The Morgan fingerprint density at radius 2 is 1.94 bits per heavy atom. The zero-order valence-corrected chi connectivity index (χ0v) is 20.7. The van der Waals surface area contributed by atoms with E-state index in [0.717, 1.165) is 0 Å². The van der Waals surface area contributed by atoms with Gasteiger partial charge in [0.25, 0.3) is 5.91 Å². The molecule has 0 saturated carbocycles. The number of piperidine rings is 1. The van der Waals surface area contributed by atoms with Crippen LogP contribution in [0.1, 0.15) is 30.1 Å². The minimum Gasteiger partial charge on any atom is -0.465 e. The number of likely N-dealkylation sites (tertiary alicyclic amines) is 1. The molecule has 11 nitrogen and oxygen atoms in total. The standard InChI is InChI=1S/C24H27ClN6O5/c1-15(32)36-14-21(33)31-9-7-18(8-10-31)27-12-19(11-26)29-24-28-13-20(25)22(30-24)16-3-5-17(6-4-16)23(34)35-2/h3-6,11-13,18H,7-10,14,26H2,1-2H3,(H,28,29,30). The molecule has 12 heteroatoms. The third kappa shape index (κ3) is 7.25. The van der Waals surface area contributed by atoms with Crippen LogP contribution in [0.3, 0.4) is 0 Å². The van der Waals surface area contributed by atoms with Crippen molar-refractivity contribution in [2.45, 2.75) is 25.8 Å². The van der Waals surface area contributed by atoms with Gasteiger partial charge in [-0.2, -0.15) is 0 Å². The van der Waals surface area contributed by atoms with E-state index in [2.05, 4.69) is 20.3 Å². The van der Waals surface area contributed by atoms with Crippen LogP contribution in [0, 0.1) is 0 Å². The van der Waals surface area contributed by atoms with Gasteiger partial charge < -0.3 is 25.4 Å². The second-order valence-corrected chi connectivity index (χ2v) is 8.28. The third-order valence-electron chi connectivity index (χ3n) is 5.40. The summed E-state index contributed by atoms with van der Waals surface area (Å²) in [5.41, 5.74) is 7.82. The highest BCUT2D eigenvalue weighted by Crippen LogP contribution is 2.27. The molecule has 1 aliphatic heterocycles. The molecule has 0 atom stereocenters. The lowest BCUT2D eigenvalue weighted by atomic mass is 10.1. The van der Waals surface area contributed by atoms with E-state index >= 15 is 0 Å². The van der Waals surface area contributed by atoms with Crippen molar-refractivity contribution in [2.75, 3.05) is 32.1 Å². The summed E-state index contributed by atoms with van der Waals surface area (Å²) < 4.78 is 9.49. The molecule has 2 heterocycles. The third-order valence-corrected chi connectivity index (χ3v) is 5.68. The van der Waals surface area contributed by atoms with Gasteiger partial charge in [0.15, 0.2) is 6.61 Å². The Hall–Kier alpha value is -3.99. The van der Waals surface area contributed by atoms with Gasteiger partial charge in [0.2, 0.25) is 5.95 Å². The first kappa shape index (κ1) is 26.6. The van der Waals surface area contributed by atoms with Crippen LogP contribution in [0.4, 0.5) is 5.95 Å². The van der Waals surface area contributed by atoms with E-state index in [9.17, 15) is 14.4 Å². The summed E-state index contributed by atoms with van der Waals surface area (Å²) in [7, 11) is 1.32. The van der Waals surface area contributed by atoms with Gasteiger partial charge in [0.05, 0.1) is 41.3 Å². The number of hydrogen-bond donors (Lipinski definition) is 2. The Balaban J connectivity index is 1.60. The molecule has 1 saturated heterocycles. The van der Waals surface area contributed by atoms with Gasteiger partial charge >= 0.3 is 11.9 Å². The van der Waals surface area contributed by atoms with Crippen molar-refractivity contribution in [1.82, 2.24) is 14.9 Å². The average Bonchev–Trinajstić information content (AvgIpc) is 2.90. The fourth-order valence-corrected chi connectivity index (χ4v) is 3.66. The first-order chi connectivity index (χ1) is 17.3. The maximum absolute atomic E-state index is 12.1. The fraction of sp³-hybridized carbons (Fsp3) is 0.333. The highest BCUT2D eigenvalue weighted by Gasteiger charge is 2.22. The molecule has 1 amide bonds. The molecular weight excluding hydrogens is 488 g/mol. The fourth-order valence-electron chi connectivity index (χ4n) is 3.46. The molecule has 2 aromatic rings. The van der Waals surface area contributed by atoms with E-state index in [-0.39, 0.29) is 24.5 Å². The summed E-state index contributed by atoms with van der Waals surface area (Å²) in [6, 6.07) is 6.69. The maximum atomic E-state index is 12.1. The number of anilines is 1. The van der Waals surface area contributed by atoms with Crippen LogP contribution in [-0.4, -0.2) is 71.8 Å². The monoisotopic (exact) mass is 514 g/mol. The summed E-state index contributed by atoms with van der Waals surface area (Å²) in [5, 5.41) is 3.36. The number of benzene rings is 1. The van der Waals surface area contributed by atoms with Crippen LogP contribution in [-0.2, 0) is 19.1 Å². The van der Waals surface area contributed by atoms with E-state index in [1.165, 1.54) is 26.4 Å². The van der Waals surface area contributed by atoms with Crippen LogP contribution in [0.2, 0.25) is 5.02 Å². The molecular formula is C24H27ClN6O5. The normalized spacial score (nSPS) is 14.5. The van der Waals surface area contributed by atoms with Crippen molar-refractivity contribution in [2.24, 2.45) is 10.7 Å². The number of carbonyl (C=O) groups is 3. The quantitative estimate of drug-likeness (QED) is 0.400. The number of methoxy groups -OCH3 is 1. The molecule has 1 fully saturated rings. The van der Waals surface area contributed by atoms with Crippen molar-refractivity contribution < 1.29 is 23.9 Å². The Morgan fingerprint density at radius 3 is 2.56 bits per heavy atom. The average molecular weight is 515 g/mol. The number of amides is 1. The summed E-state index contributed by atoms with van der Waals surface area (Å²) in [6.07, 6.45) is 5.76. The second kappa shape index (κ2) is 12.6. The van der Waals surface area contributed by atoms with Crippen molar-refractivity contribution in [3.05, 3.63) is 52.9 Å². The summed E-state index contributed by atoms with van der Waals surface area (Å²) in [5.74, 6) is -0.869. The lowest BCUT2D eigenvalue weighted by Crippen LogP contribution is -2.41. The van der Waals surface area contributed by atoms with Crippen LogP contribution in [0.15, 0.2) is 47.4 Å². The first-order valence-electron chi connectivity index (χ1n) is 11.1. The van der Waals surface area contributed by atoms with Crippen molar-refractivity contribution in [1.29, 1.82) is 0 Å². The van der Waals surface area contributed by atoms with Crippen LogP contribution in [0.25, 0.3) is 11.3 Å². The molecule has 0 radical (unpaired) electrons. The number of nitrogens with one attached hydrogen (secondary N) is 1. The number of hydrogen-bond acceptors (Lipinski definition) is 10. The van der Waals surface area contributed by atoms with Crippen molar-refractivity contribution in [3.63, 3.8) is 0 Å². The molecule has 3 N–H and O–H groups in total. The number of aliphatic imine (C=N–C) groups is 1. The largest absolute Gasteiger partial charge is 0.465 e. The van der Waals surface area contributed by atoms with Crippen LogP contribution < -0.4 is 11.1 Å². The minimum atomic E-state index is -0.482. The number of ether oxygens (including phenoxy) is 2. The molecule has 1 aromatic carbocycles. The minimum absolute atomic E-state index is 0.00884. The predicted molar refractivity (Wildman–Crippen MR) is 134 cm³/mol. The molecule has 1 aliphatic rings. The maximum Gasteiger partial charge on any atom is 0.337 e. The summed E-state index contributed by atoms with van der Waals surface area (Å²) in [6.45, 7) is 2.07. The Bertz CT molecular complexity index is 1160. The Kier molecular flexibility index (Phi) is 9.34. The number of carbonyl (C=O) groups excluding carboxylic acids is 3. The molecule has 0 aliphatic carbocycles. The number of nitrogens with zero attached hydrogens (tertiary/aromatic N) is 4. The molecule has 0 unspecified atom stereocenters. The smallest absolute Gasteiger partial charge is 0.337 e. The highest BCUT2D eigenvalue weighted by molar-refractivity contribution is 6.32. The first-order valence-corrected chi connectivity index (χ1v) is 11.5. The van der Waals surface area contributed by atoms with E-state index in [1.54, 1.807) is 35.4 Å². The van der Waals surface area contributed by atoms with E-state index in [0.29, 0.717) is 53.5 Å². The zero-order valence-electron chi connectivity index (χ0n) is 19.9. The number of allylic oxidation sites excluding steroid dienone is 1. The lowest BCUT2D eigenvalue weighted by molar-refractivity contribution is -0.150. The molecule has 190 valence electrons. The molecule has 3 rings (SSSR count). The molecule has 0 spiro atoms. The topological polar surface area (TPSA) is 149 Å². The number of aromatic nitrogens is 2. The SMILES string of the molecule is COC(=O)c1ccc(-c2nc(NC(C=NC3CCN(C(=O)COC(C)=O)CC3)=CN)ncc2Cl)cc1. The van der Waals surface area contributed by atoms with Gasteiger partial charge in [0.1, 0.15) is 0 Å². The van der Waals surface area contributed by atoms with Gasteiger partial charge in [-0.05, 0) is 25.0 Å². The molecule has 1 aromatic heterocycles. The lowest BCUT2D eigenvalue weighted by Gasteiger charge is -2.30. The van der Waals surface area contributed by atoms with Gasteiger partial charge in [0, 0.05) is 38.0 Å². The number of halogens is 1. The van der Waals surface area contributed by atoms with E-state index < -0.39 is 11.9 Å². The number of esters is 2. The highest BCUT2D eigenvalue weighted by atomic mass is 35.5. The van der Waals surface area contributed by atoms with Gasteiger partial charge in [-0.15, -0.1) is 0 Å². The van der Waals surface area contributed by atoms with Gasteiger partial charge in [-0.25, -0.2) is 14.8 Å². The van der Waals surface area contributed by atoms with Crippen LogP contribution >= 0.6 is 11.6 Å². The van der Waals surface area contributed by atoms with E-state index in [4.69, 9.17) is 26.8 Å². The Morgan fingerprint density at radius 1 is 1.25 bits per heavy atom. The Labute approximate surface area is 213 Å². The van der Waals surface area contributed by atoms with Crippen LogP contribution in [0.5, 0.6) is 0 Å². The van der Waals surface area contributed by atoms with Crippen molar-refractivity contribution >= 4 is 41.6 Å². The second-order valence-electron chi connectivity index (χ2n) is 7.88. The number of rotatable bonds is 8.